The molecule has 0 spiro atoms. The summed E-state index contributed by atoms with van der Waals surface area (Å²) in [5.74, 6) is -1.13. The summed E-state index contributed by atoms with van der Waals surface area (Å²) in [5.41, 5.74) is 0.636. The summed E-state index contributed by atoms with van der Waals surface area (Å²) < 4.78 is 0. The van der Waals surface area contributed by atoms with Gasteiger partial charge in [-0.05, 0) is 5.57 Å². The molecule has 0 aromatic rings. The van der Waals surface area contributed by atoms with Gasteiger partial charge in [0.25, 0.3) is 0 Å². The molecule has 1 fully saturated rings. The van der Waals surface area contributed by atoms with Gasteiger partial charge in [0.05, 0.1) is 18.2 Å². The fourth-order valence-electron chi connectivity index (χ4n) is 1.57. The van der Waals surface area contributed by atoms with E-state index >= 15 is 0 Å². The van der Waals surface area contributed by atoms with E-state index in [4.69, 9.17) is 5.26 Å². The van der Waals surface area contributed by atoms with Gasteiger partial charge in [-0.25, -0.2) is 4.79 Å². The van der Waals surface area contributed by atoms with E-state index < -0.39 is 17.8 Å². The highest BCUT2D eigenvalue weighted by atomic mass is 16.2. The first kappa shape index (κ1) is 14.4. The van der Waals surface area contributed by atoms with Crippen molar-refractivity contribution in [2.75, 3.05) is 13.6 Å². The lowest BCUT2D eigenvalue weighted by atomic mass is 10.1. The zero-order chi connectivity index (χ0) is 14.6. The Morgan fingerprint density at radius 2 is 1.95 bits per heavy atom. The minimum absolute atomic E-state index is 0.103. The molecule has 1 aliphatic heterocycles. The molecule has 0 aliphatic carbocycles. The van der Waals surface area contributed by atoms with Crippen LogP contribution < -0.4 is 0 Å². The zero-order valence-corrected chi connectivity index (χ0v) is 10.5. The van der Waals surface area contributed by atoms with Crippen molar-refractivity contribution >= 4 is 17.8 Å². The molecule has 1 rings (SSSR count). The van der Waals surface area contributed by atoms with Crippen LogP contribution in [0.2, 0.25) is 0 Å². The average Bonchev–Trinajstić information content (AvgIpc) is 2.40. The number of carbonyl (C=O) groups is 3. The van der Waals surface area contributed by atoms with Gasteiger partial charge >= 0.3 is 6.03 Å². The van der Waals surface area contributed by atoms with Gasteiger partial charge in [0.1, 0.15) is 6.42 Å². The molecule has 0 bridgehead atoms. The van der Waals surface area contributed by atoms with E-state index in [9.17, 15) is 14.4 Å². The Hall–Kier alpha value is -2.68. The summed E-state index contributed by atoms with van der Waals surface area (Å²) >= 11 is 0. The van der Waals surface area contributed by atoms with E-state index in [-0.39, 0.29) is 18.5 Å². The molecule has 0 aromatic heterocycles. The van der Waals surface area contributed by atoms with Gasteiger partial charge in [0, 0.05) is 7.05 Å². The van der Waals surface area contributed by atoms with E-state index in [1.807, 2.05) is 6.07 Å². The molecule has 6 nitrogen and oxygen atoms in total. The minimum Gasteiger partial charge on any atom is -0.274 e. The van der Waals surface area contributed by atoms with Gasteiger partial charge in [-0.15, -0.1) is 0 Å². The van der Waals surface area contributed by atoms with Crippen molar-refractivity contribution in [3.8, 4) is 6.07 Å². The fraction of sp³-hybridized carbons (Fsp3) is 0.231. The predicted molar refractivity (Wildman–Crippen MR) is 67.5 cm³/mol. The SMILES string of the molecule is C=C/C(C#N)=C(\C=C)CN1C(=O)CC(=O)N(C)C1=O. The third-order valence-electron chi connectivity index (χ3n) is 2.74. The first-order valence-electron chi connectivity index (χ1n) is 5.45. The van der Waals surface area contributed by atoms with E-state index in [2.05, 4.69) is 13.2 Å². The Balaban J connectivity index is 3.07. The number of allylic oxidation sites excluding steroid dienone is 2. The number of urea groups is 1. The normalized spacial score (nSPS) is 16.9. The molecule has 0 radical (unpaired) electrons. The first-order valence-corrected chi connectivity index (χ1v) is 5.45. The van der Waals surface area contributed by atoms with Crippen LogP contribution in [0.15, 0.2) is 36.5 Å². The molecule has 6 heteroatoms. The van der Waals surface area contributed by atoms with Crippen LogP contribution in [0.5, 0.6) is 0 Å². The number of barbiturate groups is 1. The van der Waals surface area contributed by atoms with Crippen molar-refractivity contribution in [1.82, 2.24) is 9.80 Å². The van der Waals surface area contributed by atoms with Crippen LogP contribution in [0.25, 0.3) is 0 Å². The summed E-state index contributed by atoms with van der Waals surface area (Å²) in [4.78, 5) is 36.7. The Labute approximate surface area is 110 Å². The summed E-state index contributed by atoms with van der Waals surface area (Å²) in [6, 6.07) is 1.20. The number of hydrogen-bond donors (Lipinski definition) is 0. The van der Waals surface area contributed by atoms with Crippen molar-refractivity contribution < 1.29 is 14.4 Å². The number of carbonyl (C=O) groups excluding carboxylic acids is 3. The van der Waals surface area contributed by atoms with Gasteiger partial charge in [0.15, 0.2) is 0 Å². The molecule has 98 valence electrons. The zero-order valence-electron chi connectivity index (χ0n) is 10.5. The fourth-order valence-corrected chi connectivity index (χ4v) is 1.57. The summed E-state index contributed by atoms with van der Waals surface area (Å²) in [5, 5.41) is 8.90. The second-order valence-corrected chi connectivity index (χ2v) is 3.85. The third kappa shape index (κ3) is 2.77. The van der Waals surface area contributed by atoms with E-state index in [1.165, 1.54) is 19.2 Å². The largest absolute Gasteiger partial charge is 0.333 e. The van der Waals surface area contributed by atoms with E-state index in [0.717, 1.165) is 9.80 Å². The van der Waals surface area contributed by atoms with Crippen molar-refractivity contribution in [2.24, 2.45) is 0 Å². The van der Waals surface area contributed by atoms with Crippen LogP contribution >= 0.6 is 0 Å². The molecule has 19 heavy (non-hydrogen) atoms. The lowest BCUT2D eigenvalue weighted by Gasteiger charge is -2.30. The number of rotatable bonds is 4. The lowest BCUT2D eigenvalue weighted by molar-refractivity contribution is -0.141. The molecule has 0 atom stereocenters. The number of hydrogen-bond acceptors (Lipinski definition) is 4. The highest BCUT2D eigenvalue weighted by molar-refractivity contribution is 6.14. The predicted octanol–water partition coefficient (Wildman–Crippen LogP) is 0.989. The maximum absolute atomic E-state index is 11.8. The summed E-state index contributed by atoms with van der Waals surface area (Å²) in [6.45, 7) is 6.92. The van der Waals surface area contributed by atoms with Crippen LogP contribution in [-0.4, -0.2) is 41.2 Å². The summed E-state index contributed by atoms with van der Waals surface area (Å²) in [7, 11) is 1.31. The van der Waals surface area contributed by atoms with Crippen LogP contribution in [-0.2, 0) is 9.59 Å². The number of nitriles is 1. The van der Waals surface area contributed by atoms with E-state index in [0.29, 0.717) is 5.57 Å². The van der Waals surface area contributed by atoms with Crippen LogP contribution in [0.1, 0.15) is 6.42 Å². The molecule has 0 unspecified atom stereocenters. The van der Waals surface area contributed by atoms with Gasteiger partial charge in [-0.2, -0.15) is 5.26 Å². The van der Waals surface area contributed by atoms with Crippen LogP contribution in [0.4, 0.5) is 4.79 Å². The van der Waals surface area contributed by atoms with Gasteiger partial charge in [0.2, 0.25) is 11.8 Å². The highest BCUT2D eigenvalue weighted by Crippen LogP contribution is 2.15. The summed E-state index contributed by atoms with van der Waals surface area (Å²) in [6.07, 6.45) is 2.35. The van der Waals surface area contributed by atoms with E-state index in [1.54, 1.807) is 0 Å². The molecular weight excluding hydrogens is 246 g/mol. The van der Waals surface area contributed by atoms with Crippen LogP contribution in [0.3, 0.4) is 0 Å². The topological polar surface area (TPSA) is 81.5 Å². The maximum Gasteiger partial charge on any atom is 0.333 e. The van der Waals surface area contributed by atoms with Crippen molar-refractivity contribution in [2.45, 2.75) is 6.42 Å². The quantitative estimate of drug-likeness (QED) is 0.428. The molecule has 1 aliphatic rings. The number of amides is 4. The molecule has 4 amide bonds. The van der Waals surface area contributed by atoms with Gasteiger partial charge < -0.3 is 0 Å². The Kier molecular flexibility index (Phi) is 4.37. The Morgan fingerprint density at radius 3 is 2.42 bits per heavy atom. The van der Waals surface area contributed by atoms with Gasteiger partial charge in [-0.1, -0.05) is 25.3 Å². The number of nitrogens with zero attached hydrogens (tertiary/aromatic N) is 3. The number of imide groups is 2. The van der Waals surface area contributed by atoms with Crippen molar-refractivity contribution in [1.29, 1.82) is 5.26 Å². The smallest absolute Gasteiger partial charge is 0.274 e. The molecule has 0 N–H and O–H groups in total. The molecule has 0 aromatic carbocycles. The standard InChI is InChI=1S/C13H13N3O3/c1-4-9(7-14)10(5-2)8-16-12(18)6-11(17)15(3)13(16)19/h4-5H,1-2,6,8H2,3H3/b10-9-. The molecule has 0 saturated carbocycles. The second-order valence-electron chi connectivity index (χ2n) is 3.85. The lowest BCUT2D eigenvalue weighted by Crippen LogP contribution is -2.53. The Morgan fingerprint density at radius 1 is 1.32 bits per heavy atom. The molecule has 1 heterocycles. The van der Waals surface area contributed by atoms with Crippen molar-refractivity contribution in [3.05, 3.63) is 36.5 Å². The third-order valence-corrected chi connectivity index (χ3v) is 2.74. The average molecular weight is 259 g/mol. The first-order chi connectivity index (χ1) is 8.96. The van der Waals surface area contributed by atoms with Gasteiger partial charge in [-0.3, -0.25) is 19.4 Å². The minimum atomic E-state index is -0.707. The molecular formula is C13H13N3O3. The maximum atomic E-state index is 11.8. The van der Waals surface area contributed by atoms with Crippen LogP contribution in [0, 0.1) is 11.3 Å². The Bertz CT molecular complexity index is 540. The second kappa shape index (κ2) is 5.78. The molecule has 1 saturated heterocycles. The van der Waals surface area contributed by atoms with Crippen molar-refractivity contribution in [3.63, 3.8) is 0 Å². The highest BCUT2D eigenvalue weighted by Gasteiger charge is 2.35. The monoisotopic (exact) mass is 259 g/mol.